The van der Waals surface area contributed by atoms with Gasteiger partial charge in [0.1, 0.15) is 10.6 Å². The van der Waals surface area contributed by atoms with Gasteiger partial charge < -0.3 is 11.1 Å². The maximum atomic E-state index is 11.9. The Balaban J connectivity index is 2.35. The average molecular weight is 281 g/mol. The van der Waals surface area contributed by atoms with Gasteiger partial charge in [0.25, 0.3) is 5.91 Å². The molecule has 19 heavy (non-hydrogen) atoms. The number of nitrogens with zero attached hydrogens (tertiary/aromatic N) is 1. The third-order valence-electron chi connectivity index (χ3n) is 2.34. The maximum absolute atomic E-state index is 11.9. The number of amides is 1. The molecule has 0 aliphatic heterocycles. The zero-order valence-electron chi connectivity index (χ0n) is 9.62. The Morgan fingerprint density at radius 2 is 2.00 bits per heavy atom. The lowest BCUT2D eigenvalue weighted by atomic mass is 10.3. The first-order valence-corrected chi connectivity index (χ1v) is 6.66. The van der Waals surface area contributed by atoms with E-state index in [1.807, 2.05) is 0 Å². The third-order valence-corrected chi connectivity index (χ3v) is 3.31. The van der Waals surface area contributed by atoms with E-state index in [2.05, 4.69) is 15.5 Å². The van der Waals surface area contributed by atoms with E-state index in [1.165, 1.54) is 24.4 Å². The van der Waals surface area contributed by atoms with Crippen LogP contribution < -0.4 is 16.2 Å². The molecule has 1 heterocycles. The van der Waals surface area contributed by atoms with Gasteiger partial charge in [-0.05, 0) is 12.1 Å². The zero-order chi connectivity index (χ0) is 14.0. The molecule has 0 aliphatic carbocycles. The highest BCUT2D eigenvalue weighted by atomic mass is 32.2. The maximum Gasteiger partial charge on any atom is 0.275 e. The first-order chi connectivity index (χ1) is 8.89. The van der Waals surface area contributed by atoms with E-state index in [0.29, 0.717) is 0 Å². The van der Waals surface area contributed by atoms with Crippen LogP contribution in [0, 0.1) is 0 Å². The van der Waals surface area contributed by atoms with Crippen LogP contribution in [0.25, 0.3) is 0 Å². The van der Waals surface area contributed by atoms with Crippen LogP contribution in [0.2, 0.25) is 0 Å². The number of rotatable bonds is 3. The van der Waals surface area contributed by atoms with E-state index < -0.39 is 15.9 Å². The summed E-state index contributed by atoms with van der Waals surface area (Å²) in [6.45, 7) is 0. The van der Waals surface area contributed by atoms with Gasteiger partial charge >= 0.3 is 0 Å². The van der Waals surface area contributed by atoms with Crippen molar-refractivity contribution in [2.75, 3.05) is 11.1 Å². The van der Waals surface area contributed by atoms with E-state index in [4.69, 9.17) is 10.9 Å². The molecule has 0 fully saturated rings. The standard InChI is InChI=1S/C10H11N5O3S/c11-6-5-13-15-9(6)10(16)14-7-3-1-2-4-8(7)19(12,17)18/h1-5H,11H2,(H,13,15)(H,14,16)(H2,12,17,18). The number of hydrogen-bond acceptors (Lipinski definition) is 5. The number of carbonyl (C=O) groups excluding carboxylic acids is 1. The number of aromatic amines is 1. The van der Waals surface area contributed by atoms with Crippen molar-refractivity contribution < 1.29 is 13.2 Å². The molecular weight excluding hydrogens is 270 g/mol. The number of benzene rings is 1. The van der Waals surface area contributed by atoms with Crippen molar-refractivity contribution in [2.24, 2.45) is 5.14 Å². The van der Waals surface area contributed by atoms with Crippen LogP contribution in [0.15, 0.2) is 35.4 Å². The lowest BCUT2D eigenvalue weighted by Crippen LogP contribution is -2.19. The Morgan fingerprint density at radius 3 is 2.58 bits per heavy atom. The molecular formula is C10H11N5O3S. The second kappa shape index (κ2) is 4.71. The Labute approximate surface area is 108 Å². The molecule has 6 N–H and O–H groups in total. The normalized spacial score (nSPS) is 11.2. The minimum atomic E-state index is -3.93. The molecule has 0 aliphatic rings. The van der Waals surface area contributed by atoms with E-state index in [0.717, 1.165) is 0 Å². The number of nitrogens with one attached hydrogen (secondary N) is 2. The fourth-order valence-corrected chi connectivity index (χ4v) is 2.17. The predicted molar refractivity (Wildman–Crippen MR) is 68.8 cm³/mol. The van der Waals surface area contributed by atoms with Gasteiger partial charge in [0.05, 0.1) is 17.6 Å². The summed E-state index contributed by atoms with van der Waals surface area (Å²) in [7, 11) is -3.93. The van der Waals surface area contributed by atoms with Crippen molar-refractivity contribution in [3.05, 3.63) is 36.2 Å². The van der Waals surface area contributed by atoms with Crippen LogP contribution in [0.3, 0.4) is 0 Å². The van der Waals surface area contributed by atoms with Gasteiger partial charge in [0.15, 0.2) is 0 Å². The summed E-state index contributed by atoms with van der Waals surface area (Å²) in [6.07, 6.45) is 1.28. The molecule has 0 bridgehead atoms. The number of nitrogen functional groups attached to an aromatic ring is 1. The molecule has 1 aromatic carbocycles. The van der Waals surface area contributed by atoms with E-state index in [1.54, 1.807) is 6.07 Å². The van der Waals surface area contributed by atoms with E-state index >= 15 is 0 Å². The number of carbonyl (C=O) groups is 1. The van der Waals surface area contributed by atoms with Gasteiger partial charge in [0, 0.05) is 0 Å². The Morgan fingerprint density at radius 1 is 1.32 bits per heavy atom. The Kier molecular flexibility index (Phi) is 3.23. The smallest absolute Gasteiger partial charge is 0.275 e. The highest BCUT2D eigenvalue weighted by Crippen LogP contribution is 2.20. The van der Waals surface area contributed by atoms with E-state index in [9.17, 15) is 13.2 Å². The number of primary sulfonamides is 1. The number of nitrogens with two attached hydrogens (primary N) is 2. The van der Waals surface area contributed by atoms with Crippen LogP contribution in [-0.2, 0) is 10.0 Å². The van der Waals surface area contributed by atoms with Gasteiger partial charge in [-0.1, -0.05) is 12.1 Å². The van der Waals surface area contributed by atoms with Crippen molar-refractivity contribution in [3.8, 4) is 0 Å². The van der Waals surface area contributed by atoms with Crippen molar-refractivity contribution in [2.45, 2.75) is 4.90 Å². The highest BCUT2D eigenvalue weighted by molar-refractivity contribution is 7.89. The number of hydrogen-bond donors (Lipinski definition) is 4. The summed E-state index contributed by atoms with van der Waals surface area (Å²) >= 11 is 0. The second-order valence-corrected chi connectivity index (χ2v) is 5.23. The molecule has 0 spiro atoms. The molecule has 8 nitrogen and oxygen atoms in total. The lowest BCUT2D eigenvalue weighted by Gasteiger charge is -2.08. The highest BCUT2D eigenvalue weighted by Gasteiger charge is 2.17. The first-order valence-electron chi connectivity index (χ1n) is 5.11. The summed E-state index contributed by atoms with van der Waals surface area (Å²) in [4.78, 5) is 11.7. The number of anilines is 2. The largest absolute Gasteiger partial charge is 0.396 e. The topological polar surface area (TPSA) is 144 Å². The third kappa shape index (κ3) is 2.72. The molecule has 0 unspecified atom stereocenters. The van der Waals surface area contributed by atoms with Crippen LogP contribution in [0.1, 0.15) is 10.5 Å². The zero-order valence-corrected chi connectivity index (χ0v) is 10.4. The lowest BCUT2D eigenvalue weighted by molar-refractivity contribution is 0.102. The molecule has 0 atom stereocenters. The first kappa shape index (κ1) is 13.1. The minimum Gasteiger partial charge on any atom is -0.396 e. The van der Waals surface area contributed by atoms with Crippen LogP contribution in [0.5, 0.6) is 0 Å². The summed E-state index contributed by atoms with van der Waals surface area (Å²) in [5.74, 6) is -0.605. The number of para-hydroxylation sites is 1. The van der Waals surface area contributed by atoms with Gasteiger partial charge in [-0.2, -0.15) is 5.10 Å². The summed E-state index contributed by atoms with van der Waals surface area (Å²) in [6, 6.07) is 5.78. The Hall–Kier alpha value is -2.39. The van der Waals surface area contributed by atoms with Crippen molar-refractivity contribution in [3.63, 3.8) is 0 Å². The molecule has 0 saturated heterocycles. The summed E-state index contributed by atoms with van der Waals surface area (Å²) in [5.41, 5.74) is 5.80. The molecule has 2 aromatic rings. The summed E-state index contributed by atoms with van der Waals surface area (Å²) in [5, 5.41) is 13.5. The van der Waals surface area contributed by atoms with Crippen molar-refractivity contribution in [1.82, 2.24) is 10.2 Å². The second-order valence-electron chi connectivity index (χ2n) is 3.70. The quantitative estimate of drug-likeness (QED) is 0.620. The predicted octanol–water partition coefficient (Wildman–Crippen LogP) is -0.108. The van der Waals surface area contributed by atoms with E-state index in [-0.39, 0.29) is 22.0 Å². The van der Waals surface area contributed by atoms with Gasteiger partial charge in [-0.25, -0.2) is 13.6 Å². The van der Waals surface area contributed by atoms with Crippen LogP contribution in [0.4, 0.5) is 11.4 Å². The number of aromatic nitrogens is 2. The molecule has 0 radical (unpaired) electrons. The molecule has 1 aromatic heterocycles. The van der Waals surface area contributed by atoms with Crippen LogP contribution in [-0.4, -0.2) is 24.5 Å². The van der Waals surface area contributed by atoms with Crippen molar-refractivity contribution in [1.29, 1.82) is 0 Å². The molecule has 1 amide bonds. The average Bonchev–Trinajstić information content (AvgIpc) is 2.75. The molecule has 100 valence electrons. The van der Waals surface area contributed by atoms with Gasteiger partial charge in [-0.15, -0.1) is 0 Å². The monoisotopic (exact) mass is 281 g/mol. The minimum absolute atomic E-state index is 0.0456. The Bertz CT molecular complexity index is 722. The van der Waals surface area contributed by atoms with Gasteiger partial charge in [-0.3, -0.25) is 9.89 Å². The SMILES string of the molecule is Nc1cn[nH]c1C(=O)Nc1ccccc1S(N)(=O)=O. The fraction of sp³-hybridized carbons (Fsp3) is 0. The molecule has 9 heteroatoms. The molecule has 0 saturated carbocycles. The van der Waals surface area contributed by atoms with Crippen LogP contribution >= 0.6 is 0 Å². The van der Waals surface area contributed by atoms with Crippen molar-refractivity contribution >= 4 is 27.3 Å². The number of H-pyrrole nitrogens is 1. The molecule has 2 rings (SSSR count). The fourth-order valence-electron chi connectivity index (χ4n) is 1.48. The summed E-state index contributed by atoms with van der Waals surface area (Å²) < 4.78 is 22.7. The number of sulfonamides is 1. The van der Waals surface area contributed by atoms with Gasteiger partial charge in [0.2, 0.25) is 10.0 Å².